The number of benzene rings is 1. The van der Waals surface area contributed by atoms with Gasteiger partial charge in [0.25, 0.3) is 0 Å². The maximum Gasteiger partial charge on any atom is 0.143 e. The Labute approximate surface area is 158 Å². The van der Waals surface area contributed by atoms with Crippen molar-refractivity contribution in [1.29, 1.82) is 0 Å². The number of aryl methyl sites for hydroxylation is 1. The molecular formula is C21H23N5O. The summed E-state index contributed by atoms with van der Waals surface area (Å²) in [7, 11) is 2.10. The highest BCUT2D eigenvalue weighted by molar-refractivity contribution is 5.85. The van der Waals surface area contributed by atoms with Crippen molar-refractivity contribution in [3.63, 3.8) is 0 Å². The van der Waals surface area contributed by atoms with Gasteiger partial charge < -0.3 is 4.90 Å². The predicted molar refractivity (Wildman–Crippen MR) is 104 cm³/mol. The van der Waals surface area contributed by atoms with Crippen molar-refractivity contribution in [2.24, 2.45) is 5.92 Å². The lowest BCUT2D eigenvalue weighted by Crippen LogP contribution is -2.34. The molecule has 1 fully saturated rings. The van der Waals surface area contributed by atoms with Crippen molar-refractivity contribution < 1.29 is 4.79 Å². The maximum absolute atomic E-state index is 12.6. The standard InChI is InChI=1S/C21H23N5O/c1-14-22-12-18(13-23-14)16-3-4-17-11-24-21(25-19(17)9-16)10-20(27)15-5-7-26(2)8-6-15/h3-4,9,11-13,15H,5-8,10H2,1-2H3. The van der Waals surface area contributed by atoms with E-state index < -0.39 is 0 Å². The summed E-state index contributed by atoms with van der Waals surface area (Å²) in [6.45, 7) is 3.83. The van der Waals surface area contributed by atoms with E-state index in [2.05, 4.69) is 31.9 Å². The van der Waals surface area contributed by atoms with E-state index in [9.17, 15) is 4.79 Å². The van der Waals surface area contributed by atoms with E-state index >= 15 is 0 Å². The van der Waals surface area contributed by atoms with Crippen molar-refractivity contribution in [3.8, 4) is 11.1 Å². The Hall–Kier alpha value is -2.73. The van der Waals surface area contributed by atoms with Crippen molar-refractivity contribution in [2.45, 2.75) is 26.2 Å². The highest BCUT2D eigenvalue weighted by Crippen LogP contribution is 2.23. The van der Waals surface area contributed by atoms with E-state index in [-0.39, 0.29) is 11.7 Å². The fraction of sp³-hybridized carbons (Fsp3) is 0.381. The van der Waals surface area contributed by atoms with Gasteiger partial charge in [-0.2, -0.15) is 0 Å². The van der Waals surface area contributed by atoms with Crippen LogP contribution in [0.25, 0.3) is 22.0 Å². The van der Waals surface area contributed by atoms with Crippen LogP contribution in [-0.4, -0.2) is 50.8 Å². The van der Waals surface area contributed by atoms with Crippen LogP contribution in [0.1, 0.15) is 24.5 Å². The van der Waals surface area contributed by atoms with Crippen LogP contribution in [0.15, 0.2) is 36.8 Å². The third-order valence-electron chi connectivity index (χ3n) is 5.25. The number of Topliss-reactive ketones (excluding diaryl/α,β-unsaturated/α-hetero) is 1. The minimum atomic E-state index is 0.136. The Kier molecular flexibility index (Phi) is 4.90. The van der Waals surface area contributed by atoms with E-state index in [0.717, 1.165) is 53.8 Å². The fourth-order valence-electron chi connectivity index (χ4n) is 3.50. The van der Waals surface area contributed by atoms with Crippen LogP contribution < -0.4 is 0 Å². The molecule has 1 aliphatic rings. The third kappa shape index (κ3) is 4.01. The van der Waals surface area contributed by atoms with Crippen LogP contribution in [0.4, 0.5) is 0 Å². The number of nitrogens with zero attached hydrogens (tertiary/aromatic N) is 5. The van der Waals surface area contributed by atoms with Gasteiger partial charge in [0.2, 0.25) is 0 Å². The number of hydrogen-bond acceptors (Lipinski definition) is 6. The van der Waals surface area contributed by atoms with Crippen molar-refractivity contribution >= 4 is 16.7 Å². The Morgan fingerprint density at radius 2 is 1.81 bits per heavy atom. The molecular weight excluding hydrogens is 338 g/mol. The Bertz CT molecular complexity index is 962. The summed E-state index contributed by atoms with van der Waals surface area (Å²) in [5, 5.41) is 0.960. The zero-order valence-electron chi connectivity index (χ0n) is 15.7. The molecule has 4 rings (SSSR count). The van der Waals surface area contributed by atoms with Gasteiger partial charge in [0, 0.05) is 35.5 Å². The molecule has 6 heteroatoms. The van der Waals surface area contributed by atoms with E-state index in [1.807, 2.05) is 37.5 Å². The molecule has 0 saturated carbocycles. The molecule has 1 saturated heterocycles. The normalized spacial score (nSPS) is 15.9. The van der Waals surface area contributed by atoms with Crippen LogP contribution in [-0.2, 0) is 11.2 Å². The number of rotatable bonds is 4. The average Bonchev–Trinajstić information content (AvgIpc) is 2.68. The minimum Gasteiger partial charge on any atom is -0.306 e. The summed E-state index contributed by atoms with van der Waals surface area (Å²) in [6, 6.07) is 6.02. The number of ketones is 1. The van der Waals surface area contributed by atoms with Gasteiger partial charge in [-0.1, -0.05) is 12.1 Å². The van der Waals surface area contributed by atoms with Crippen LogP contribution >= 0.6 is 0 Å². The number of fused-ring (bicyclic) bond motifs is 1. The van der Waals surface area contributed by atoms with Gasteiger partial charge in [-0.25, -0.2) is 19.9 Å². The number of hydrogen-bond donors (Lipinski definition) is 0. The first-order valence-electron chi connectivity index (χ1n) is 9.34. The molecule has 6 nitrogen and oxygen atoms in total. The minimum absolute atomic E-state index is 0.136. The monoisotopic (exact) mass is 361 g/mol. The number of carbonyl (C=O) groups excluding carboxylic acids is 1. The maximum atomic E-state index is 12.6. The molecule has 0 N–H and O–H groups in total. The van der Waals surface area contributed by atoms with Crippen LogP contribution in [0.3, 0.4) is 0 Å². The molecule has 0 bridgehead atoms. The van der Waals surface area contributed by atoms with Crippen molar-refractivity contribution in [2.75, 3.05) is 20.1 Å². The molecule has 3 heterocycles. The third-order valence-corrected chi connectivity index (χ3v) is 5.25. The molecule has 0 atom stereocenters. The van der Waals surface area contributed by atoms with Gasteiger partial charge >= 0.3 is 0 Å². The highest BCUT2D eigenvalue weighted by Gasteiger charge is 2.24. The van der Waals surface area contributed by atoms with E-state index in [1.54, 1.807) is 6.20 Å². The van der Waals surface area contributed by atoms with Crippen LogP contribution in [0.2, 0.25) is 0 Å². The zero-order chi connectivity index (χ0) is 18.8. The first-order valence-corrected chi connectivity index (χ1v) is 9.34. The van der Waals surface area contributed by atoms with Crippen molar-refractivity contribution in [3.05, 3.63) is 48.4 Å². The smallest absolute Gasteiger partial charge is 0.143 e. The molecule has 1 aromatic carbocycles. The summed E-state index contributed by atoms with van der Waals surface area (Å²) in [5.74, 6) is 1.74. The second-order valence-corrected chi connectivity index (χ2v) is 7.30. The molecule has 3 aromatic rings. The van der Waals surface area contributed by atoms with E-state index in [0.29, 0.717) is 12.2 Å². The number of likely N-dealkylation sites (tertiary alicyclic amines) is 1. The lowest BCUT2D eigenvalue weighted by atomic mass is 9.91. The SMILES string of the molecule is Cc1ncc(-c2ccc3cnc(CC(=O)C4CCN(C)CC4)nc3c2)cn1. The average molecular weight is 361 g/mol. The summed E-state index contributed by atoms with van der Waals surface area (Å²) in [6.07, 6.45) is 7.60. The summed E-state index contributed by atoms with van der Waals surface area (Å²) < 4.78 is 0. The second kappa shape index (κ2) is 7.48. The molecule has 2 aromatic heterocycles. The fourth-order valence-corrected chi connectivity index (χ4v) is 3.50. The Balaban J connectivity index is 1.55. The quantitative estimate of drug-likeness (QED) is 0.711. The molecule has 138 valence electrons. The molecule has 1 aliphatic heterocycles. The first-order chi connectivity index (χ1) is 13.1. The Morgan fingerprint density at radius 3 is 2.56 bits per heavy atom. The van der Waals surface area contributed by atoms with Gasteiger partial charge in [0.1, 0.15) is 17.4 Å². The Morgan fingerprint density at radius 1 is 1.07 bits per heavy atom. The summed E-state index contributed by atoms with van der Waals surface area (Å²) >= 11 is 0. The van der Waals surface area contributed by atoms with Crippen LogP contribution in [0, 0.1) is 12.8 Å². The molecule has 27 heavy (non-hydrogen) atoms. The topological polar surface area (TPSA) is 71.9 Å². The number of aromatic nitrogens is 4. The van der Waals surface area contributed by atoms with Crippen molar-refractivity contribution in [1.82, 2.24) is 24.8 Å². The highest BCUT2D eigenvalue weighted by atomic mass is 16.1. The molecule has 0 spiro atoms. The van der Waals surface area contributed by atoms with Gasteiger partial charge in [-0.15, -0.1) is 0 Å². The van der Waals surface area contributed by atoms with Crippen LogP contribution in [0.5, 0.6) is 0 Å². The number of piperidine rings is 1. The second-order valence-electron chi connectivity index (χ2n) is 7.30. The predicted octanol–water partition coefficient (Wildman–Crippen LogP) is 2.85. The van der Waals surface area contributed by atoms with Gasteiger partial charge in [0.05, 0.1) is 11.9 Å². The molecule has 0 radical (unpaired) electrons. The van der Waals surface area contributed by atoms with Gasteiger partial charge in [-0.3, -0.25) is 4.79 Å². The lowest BCUT2D eigenvalue weighted by Gasteiger charge is -2.27. The largest absolute Gasteiger partial charge is 0.306 e. The van der Waals surface area contributed by atoms with E-state index in [1.165, 1.54) is 0 Å². The molecule has 0 unspecified atom stereocenters. The number of carbonyl (C=O) groups is 1. The molecule has 0 aliphatic carbocycles. The van der Waals surface area contributed by atoms with Gasteiger partial charge in [0.15, 0.2) is 0 Å². The van der Waals surface area contributed by atoms with Gasteiger partial charge in [-0.05, 0) is 51.5 Å². The first kappa shape index (κ1) is 17.7. The summed E-state index contributed by atoms with van der Waals surface area (Å²) in [4.78, 5) is 32.5. The molecule has 0 amide bonds. The van der Waals surface area contributed by atoms with E-state index in [4.69, 9.17) is 0 Å². The zero-order valence-corrected chi connectivity index (χ0v) is 15.7. The lowest BCUT2D eigenvalue weighted by molar-refractivity contribution is -0.123. The summed E-state index contributed by atoms with van der Waals surface area (Å²) in [5.41, 5.74) is 2.80.